The van der Waals surface area contributed by atoms with Crippen molar-refractivity contribution in [3.8, 4) is 0 Å². The molecule has 0 radical (unpaired) electrons. The predicted octanol–water partition coefficient (Wildman–Crippen LogP) is 1.21. The van der Waals surface area contributed by atoms with Gasteiger partial charge in [0.25, 0.3) is 5.91 Å². The van der Waals surface area contributed by atoms with Gasteiger partial charge in [-0.3, -0.25) is 9.59 Å². The fourth-order valence-corrected chi connectivity index (χ4v) is 3.53. The summed E-state index contributed by atoms with van der Waals surface area (Å²) in [7, 11) is 1.75. The van der Waals surface area contributed by atoms with Crippen LogP contribution in [0.15, 0.2) is 47.2 Å². The fraction of sp³-hybridized carbons (Fsp3) is 0.350. The van der Waals surface area contributed by atoms with E-state index in [1.54, 1.807) is 40.7 Å². The summed E-state index contributed by atoms with van der Waals surface area (Å²) in [5, 5.41) is 3.80. The standard InChI is InChI=1S/C20H22N6O3/c1-14-22-17(29-23-14)12-16-19(27)25(13-15-6-4-3-5-7-15)10-11-26(16)20(28)18-21-8-9-24(18)2/h3-9,16H,10-13H2,1-2H3. The molecule has 1 fully saturated rings. The Labute approximate surface area is 167 Å². The molecule has 0 bridgehead atoms. The Bertz CT molecular complexity index is 1010. The lowest BCUT2D eigenvalue weighted by Crippen LogP contribution is -2.59. The van der Waals surface area contributed by atoms with Gasteiger partial charge in [-0.05, 0) is 12.5 Å². The van der Waals surface area contributed by atoms with Gasteiger partial charge < -0.3 is 18.9 Å². The molecule has 2 aromatic heterocycles. The highest BCUT2D eigenvalue weighted by Crippen LogP contribution is 2.20. The van der Waals surface area contributed by atoms with Gasteiger partial charge in [-0.25, -0.2) is 4.98 Å². The quantitative estimate of drug-likeness (QED) is 0.645. The third-order valence-electron chi connectivity index (χ3n) is 5.01. The minimum absolute atomic E-state index is 0.140. The molecule has 0 aliphatic carbocycles. The van der Waals surface area contributed by atoms with E-state index in [0.29, 0.717) is 37.2 Å². The molecular weight excluding hydrogens is 372 g/mol. The van der Waals surface area contributed by atoms with Crippen LogP contribution in [-0.4, -0.2) is 60.4 Å². The first-order chi connectivity index (χ1) is 14.0. The van der Waals surface area contributed by atoms with Crippen LogP contribution in [0.4, 0.5) is 0 Å². The number of aryl methyl sites for hydroxylation is 2. The minimum Gasteiger partial charge on any atom is -0.339 e. The lowest BCUT2D eigenvalue weighted by molar-refractivity contribution is -0.141. The van der Waals surface area contributed by atoms with E-state index in [9.17, 15) is 9.59 Å². The van der Waals surface area contributed by atoms with Crippen LogP contribution in [0, 0.1) is 6.92 Å². The first-order valence-corrected chi connectivity index (χ1v) is 9.43. The molecule has 1 unspecified atom stereocenters. The number of hydrogen-bond acceptors (Lipinski definition) is 6. The Morgan fingerprint density at radius 1 is 1.24 bits per heavy atom. The van der Waals surface area contributed by atoms with Crippen molar-refractivity contribution in [3.63, 3.8) is 0 Å². The Morgan fingerprint density at radius 2 is 2.03 bits per heavy atom. The molecule has 3 heterocycles. The van der Waals surface area contributed by atoms with Gasteiger partial charge in [0.2, 0.25) is 11.8 Å². The number of imidazole rings is 1. The van der Waals surface area contributed by atoms with E-state index in [1.807, 2.05) is 30.3 Å². The van der Waals surface area contributed by atoms with Crippen LogP contribution in [0.5, 0.6) is 0 Å². The Kier molecular flexibility index (Phi) is 5.11. The maximum atomic E-state index is 13.3. The van der Waals surface area contributed by atoms with E-state index >= 15 is 0 Å². The SMILES string of the molecule is Cc1noc(CC2C(=O)N(Cc3ccccc3)CCN2C(=O)c2nccn2C)n1. The molecule has 1 aliphatic heterocycles. The van der Waals surface area contributed by atoms with Crippen molar-refractivity contribution < 1.29 is 14.1 Å². The largest absolute Gasteiger partial charge is 0.339 e. The van der Waals surface area contributed by atoms with E-state index in [1.165, 1.54) is 0 Å². The number of aromatic nitrogens is 4. The van der Waals surface area contributed by atoms with Crippen molar-refractivity contribution in [1.29, 1.82) is 0 Å². The number of piperazine rings is 1. The predicted molar refractivity (Wildman–Crippen MR) is 103 cm³/mol. The Morgan fingerprint density at radius 3 is 2.69 bits per heavy atom. The summed E-state index contributed by atoms with van der Waals surface area (Å²) in [6.45, 7) is 3.06. The summed E-state index contributed by atoms with van der Waals surface area (Å²) >= 11 is 0. The number of benzene rings is 1. The zero-order valence-corrected chi connectivity index (χ0v) is 16.4. The molecule has 2 amide bonds. The van der Waals surface area contributed by atoms with E-state index in [4.69, 9.17) is 4.52 Å². The molecule has 9 heteroatoms. The molecule has 1 saturated heterocycles. The second-order valence-electron chi connectivity index (χ2n) is 7.06. The molecule has 29 heavy (non-hydrogen) atoms. The molecule has 0 saturated carbocycles. The van der Waals surface area contributed by atoms with Gasteiger partial charge >= 0.3 is 0 Å². The molecule has 4 rings (SSSR count). The lowest BCUT2D eigenvalue weighted by Gasteiger charge is -2.40. The number of amides is 2. The molecule has 1 atom stereocenters. The first kappa shape index (κ1) is 18.9. The summed E-state index contributed by atoms with van der Waals surface area (Å²) in [5.41, 5.74) is 1.04. The second-order valence-corrected chi connectivity index (χ2v) is 7.06. The topological polar surface area (TPSA) is 97.4 Å². The number of hydrogen-bond donors (Lipinski definition) is 0. The highest BCUT2D eigenvalue weighted by Gasteiger charge is 2.39. The van der Waals surface area contributed by atoms with E-state index < -0.39 is 6.04 Å². The van der Waals surface area contributed by atoms with Gasteiger partial charge in [-0.2, -0.15) is 4.98 Å². The number of carbonyl (C=O) groups is 2. The van der Waals surface area contributed by atoms with Crippen molar-refractivity contribution >= 4 is 11.8 Å². The molecule has 150 valence electrons. The molecule has 9 nitrogen and oxygen atoms in total. The van der Waals surface area contributed by atoms with Crippen molar-refractivity contribution in [2.45, 2.75) is 25.9 Å². The third kappa shape index (κ3) is 3.89. The van der Waals surface area contributed by atoms with Crippen LogP contribution >= 0.6 is 0 Å². The van der Waals surface area contributed by atoms with E-state index in [-0.39, 0.29) is 18.2 Å². The van der Waals surface area contributed by atoms with Crippen LogP contribution < -0.4 is 0 Å². The average molecular weight is 394 g/mol. The van der Waals surface area contributed by atoms with Gasteiger partial charge in [-0.15, -0.1) is 0 Å². The van der Waals surface area contributed by atoms with Crippen LogP contribution in [0.25, 0.3) is 0 Å². The molecule has 3 aromatic rings. The number of carbonyl (C=O) groups excluding carboxylic acids is 2. The van der Waals surface area contributed by atoms with Gasteiger partial charge in [0.05, 0.1) is 6.42 Å². The number of rotatable bonds is 5. The third-order valence-corrected chi connectivity index (χ3v) is 5.01. The zero-order chi connectivity index (χ0) is 20.4. The van der Waals surface area contributed by atoms with Crippen LogP contribution in [0.2, 0.25) is 0 Å². The minimum atomic E-state index is -0.725. The normalized spacial score (nSPS) is 17.0. The van der Waals surface area contributed by atoms with E-state index in [2.05, 4.69) is 15.1 Å². The maximum absolute atomic E-state index is 13.3. The Balaban J connectivity index is 1.60. The van der Waals surface area contributed by atoms with Gasteiger partial charge in [0.1, 0.15) is 6.04 Å². The first-order valence-electron chi connectivity index (χ1n) is 9.43. The van der Waals surface area contributed by atoms with Crippen LogP contribution in [0.1, 0.15) is 27.9 Å². The molecular formula is C20H22N6O3. The van der Waals surface area contributed by atoms with Gasteiger partial charge in [-0.1, -0.05) is 35.5 Å². The van der Waals surface area contributed by atoms with Crippen molar-refractivity contribution in [1.82, 2.24) is 29.5 Å². The molecule has 0 spiro atoms. The van der Waals surface area contributed by atoms with Gasteiger partial charge in [0.15, 0.2) is 11.6 Å². The Hall–Kier alpha value is -3.49. The van der Waals surface area contributed by atoms with Crippen molar-refractivity contribution in [2.75, 3.05) is 13.1 Å². The highest BCUT2D eigenvalue weighted by molar-refractivity contribution is 5.96. The smallest absolute Gasteiger partial charge is 0.290 e. The zero-order valence-electron chi connectivity index (χ0n) is 16.4. The average Bonchev–Trinajstić information content (AvgIpc) is 3.33. The van der Waals surface area contributed by atoms with Crippen LogP contribution in [0.3, 0.4) is 0 Å². The maximum Gasteiger partial charge on any atom is 0.290 e. The lowest BCUT2D eigenvalue weighted by atomic mass is 10.1. The summed E-state index contributed by atoms with van der Waals surface area (Å²) < 4.78 is 6.87. The fourth-order valence-electron chi connectivity index (χ4n) is 3.53. The van der Waals surface area contributed by atoms with E-state index in [0.717, 1.165) is 5.56 Å². The second kappa shape index (κ2) is 7.86. The molecule has 1 aromatic carbocycles. The monoisotopic (exact) mass is 394 g/mol. The summed E-state index contributed by atoms with van der Waals surface area (Å²) in [6.07, 6.45) is 3.44. The van der Waals surface area contributed by atoms with Crippen LogP contribution in [-0.2, 0) is 24.8 Å². The molecule has 1 aliphatic rings. The highest BCUT2D eigenvalue weighted by atomic mass is 16.5. The van der Waals surface area contributed by atoms with Crippen molar-refractivity contribution in [2.24, 2.45) is 7.05 Å². The summed E-state index contributed by atoms with van der Waals surface area (Å²) in [5.74, 6) is 0.692. The number of nitrogens with zero attached hydrogens (tertiary/aromatic N) is 6. The summed E-state index contributed by atoms with van der Waals surface area (Å²) in [4.78, 5) is 38.1. The summed E-state index contributed by atoms with van der Waals surface area (Å²) in [6, 6.07) is 9.06. The molecule has 0 N–H and O–H groups in total. The van der Waals surface area contributed by atoms with Gasteiger partial charge in [0, 0.05) is 39.1 Å². The van der Waals surface area contributed by atoms with Crippen molar-refractivity contribution in [3.05, 3.63) is 65.8 Å².